The molecule has 5 atom stereocenters. The van der Waals surface area contributed by atoms with E-state index in [1.807, 2.05) is 0 Å². The Hall–Kier alpha value is -0.340. The molecule has 0 heterocycles. The first-order valence-electron chi connectivity index (χ1n) is 8.13. The smallest absolute Gasteiger partial charge is 0.0587 e. The largest absolute Gasteiger partial charge is 0.395 e. The van der Waals surface area contributed by atoms with Crippen molar-refractivity contribution in [3.05, 3.63) is 12.2 Å². The first-order chi connectivity index (χ1) is 9.13. The molecule has 1 saturated carbocycles. The Morgan fingerprint density at radius 1 is 1.26 bits per heavy atom. The predicted octanol–water partition coefficient (Wildman–Crippen LogP) is 3.75. The lowest BCUT2D eigenvalue weighted by Gasteiger charge is -2.37. The van der Waals surface area contributed by atoms with Crippen molar-refractivity contribution in [2.24, 2.45) is 17.8 Å². The topological polar surface area (TPSA) is 32.3 Å². The third-order valence-corrected chi connectivity index (χ3v) is 5.02. The summed E-state index contributed by atoms with van der Waals surface area (Å²) in [5.41, 5.74) is 0. The van der Waals surface area contributed by atoms with Crippen LogP contribution in [0.25, 0.3) is 0 Å². The van der Waals surface area contributed by atoms with E-state index in [0.29, 0.717) is 17.9 Å². The number of aliphatic hydroxyl groups excluding tert-OH is 1. The molecule has 2 nitrogen and oxygen atoms in total. The van der Waals surface area contributed by atoms with E-state index in [1.165, 1.54) is 32.1 Å². The van der Waals surface area contributed by atoms with Gasteiger partial charge in [-0.15, -0.1) is 0 Å². The summed E-state index contributed by atoms with van der Waals surface area (Å²) in [6, 6.07) is 0.833. The Morgan fingerprint density at radius 3 is 2.53 bits per heavy atom. The first kappa shape index (κ1) is 16.7. The van der Waals surface area contributed by atoms with Gasteiger partial charge in [0.15, 0.2) is 0 Å². The maximum Gasteiger partial charge on any atom is 0.0587 e. The molecule has 1 fully saturated rings. The monoisotopic (exact) mass is 267 g/mol. The van der Waals surface area contributed by atoms with Gasteiger partial charge in [-0.1, -0.05) is 52.2 Å². The average Bonchev–Trinajstić information content (AvgIpc) is 2.44. The maximum atomic E-state index is 9.72. The fourth-order valence-corrected chi connectivity index (χ4v) is 3.41. The van der Waals surface area contributed by atoms with Crippen molar-refractivity contribution in [3.63, 3.8) is 0 Å². The van der Waals surface area contributed by atoms with Crippen LogP contribution < -0.4 is 5.32 Å². The molecule has 112 valence electrons. The van der Waals surface area contributed by atoms with E-state index in [1.54, 1.807) is 0 Å². The van der Waals surface area contributed by atoms with Crippen molar-refractivity contribution in [2.45, 2.75) is 71.9 Å². The first-order valence-corrected chi connectivity index (χ1v) is 8.13. The standard InChI is InChI=1S/C17H33NO/c1-5-9-13(3)14(4)17(12-19)18-16-11-8-7-10-15(16)6-2/h5,9,13-19H,6-8,10-12H2,1-4H3/b9-5-/t13-,14+,15?,16?,17-/m0/s1. The zero-order valence-corrected chi connectivity index (χ0v) is 13.2. The van der Waals surface area contributed by atoms with Crippen molar-refractivity contribution < 1.29 is 5.11 Å². The van der Waals surface area contributed by atoms with E-state index in [2.05, 4.69) is 45.2 Å². The highest BCUT2D eigenvalue weighted by atomic mass is 16.3. The molecule has 0 radical (unpaired) electrons. The molecule has 19 heavy (non-hydrogen) atoms. The molecule has 0 bridgehead atoms. The molecule has 0 amide bonds. The van der Waals surface area contributed by atoms with Crippen LogP contribution in [0.3, 0.4) is 0 Å². The van der Waals surface area contributed by atoms with Gasteiger partial charge in [-0.2, -0.15) is 0 Å². The second-order valence-electron chi connectivity index (χ2n) is 6.26. The molecule has 0 spiro atoms. The predicted molar refractivity (Wildman–Crippen MR) is 83.2 cm³/mol. The summed E-state index contributed by atoms with van der Waals surface area (Å²) < 4.78 is 0. The molecule has 2 unspecified atom stereocenters. The van der Waals surface area contributed by atoms with Crippen molar-refractivity contribution in [3.8, 4) is 0 Å². The average molecular weight is 267 g/mol. The molecule has 0 aromatic carbocycles. The fourth-order valence-electron chi connectivity index (χ4n) is 3.41. The summed E-state index contributed by atoms with van der Waals surface area (Å²) >= 11 is 0. The molecule has 2 heteroatoms. The molecule has 2 N–H and O–H groups in total. The molecule has 0 saturated heterocycles. The molecule has 0 aromatic rings. The molecule has 0 aliphatic heterocycles. The van der Waals surface area contributed by atoms with Gasteiger partial charge in [-0.25, -0.2) is 0 Å². The van der Waals surface area contributed by atoms with Crippen molar-refractivity contribution in [1.82, 2.24) is 5.32 Å². The summed E-state index contributed by atoms with van der Waals surface area (Å²) in [6.45, 7) is 9.11. The van der Waals surface area contributed by atoms with Gasteiger partial charge in [0, 0.05) is 12.1 Å². The van der Waals surface area contributed by atoms with Crippen LogP contribution in [0.1, 0.15) is 59.8 Å². The normalized spacial score (nSPS) is 29.3. The highest BCUT2D eigenvalue weighted by Crippen LogP contribution is 2.28. The van der Waals surface area contributed by atoms with E-state index in [-0.39, 0.29) is 12.6 Å². The van der Waals surface area contributed by atoms with Crippen LogP contribution >= 0.6 is 0 Å². The number of allylic oxidation sites excluding steroid dienone is 2. The van der Waals surface area contributed by atoms with Crippen LogP contribution in [-0.2, 0) is 0 Å². The maximum absolute atomic E-state index is 9.72. The zero-order valence-electron chi connectivity index (χ0n) is 13.2. The molecule has 1 aliphatic rings. The number of aliphatic hydroxyl groups is 1. The molecule has 0 aromatic heterocycles. The number of nitrogens with one attached hydrogen (secondary N) is 1. The quantitative estimate of drug-likeness (QED) is 0.689. The van der Waals surface area contributed by atoms with Gasteiger partial charge in [0.1, 0.15) is 0 Å². The summed E-state index contributed by atoms with van der Waals surface area (Å²) in [6.07, 6.45) is 11.0. The third-order valence-electron chi connectivity index (χ3n) is 5.02. The minimum absolute atomic E-state index is 0.225. The highest BCUT2D eigenvalue weighted by molar-refractivity contribution is 4.92. The number of hydrogen-bond donors (Lipinski definition) is 2. The van der Waals surface area contributed by atoms with E-state index in [0.717, 1.165) is 5.92 Å². The lowest BCUT2D eigenvalue weighted by Crippen LogP contribution is -2.49. The van der Waals surface area contributed by atoms with E-state index >= 15 is 0 Å². The summed E-state index contributed by atoms with van der Waals surface area (Å²) in [5.74, 6) is 1.78. The molecule has 1 rings (SSSR count). The minimum atomic E-state index is 0.225. The van der Waals surface area contributed by atoms with Crippen LogP contribution in [0.5, 0.6) is 0 Å². The Kier molecular flexibility index (Phi) is 7.70. The Bertz CT molecular complexity index is 264. The van der Waals surface area contributed by atoms with Crippen molar-refractivity contribution in [1.29, 1.82) is 0 Å². The Morgan fingerprint density at radius 2 is 1.95 bits per heavy atom. The molecule has 1 aliphatic carbocycles. The van der Waals surface area contributed by atoms with Gasteiger partial charge in [0.25, 0.3) is 0 Å². The molecular weight excluding hydrogens is 234 g/mol. The van der Waals surface area contributed by atoms with Crippen LogP contribution in [0.15, 0.2) is 12.2 Å². The van der Waals surface area contributed by atoms with Crippen LogP contribution in [0.4, 0.5) is 0 Å². The Balaban J connectivity index is 2.59. The van der Waals surface area contributed by atoms with Gasteiger partial charge < -0.3 is 10.4 Å². The van der Waals surface area contributed by atoms with E-state index in [4.69, 9.17) is 0 Å². The van der Waals surface area contributed by atoms with Gasteiger partial charge in [-0.05, 0) is 37.5 Å². The highest BCUT2D eigenvalue weighted by Gasteiger charge is 2.28. The summed E-state index contributed by atoms with van der Waals surface area (Å²) in [5, 5.41) is 13.5. The molecular formula is C17H33NO. The number of rotatable bonds is 7. The van der Waals surface area contributed by atoms with E-state index in [9.17, 15) is 5.11 Å². The van der Waals surface area contributed by atoms with Gasteiger partial charge in [-0.3, -0.25) is 0 Å². The third kappa shape index (κ3) is 4.92. The lowest BCUT2D eigenvalue weighted by atomic mass is 9.81. The van der Waals surface area contributed by atoms with Crippen molar-refractivity contribution >= 4 is 0 Å². The minimum Gasteiger partial charge on any atom is -0.395 e. The Labute approximate surface area is 119 Å². The lowest BCUT2D eigenvalue weighted by molar-refractivity contribution is 0.145. The van der Waals surface area contributed by atoms with E-state index < -0.39 is 0 Å². The zero-order chi connectivity index (χ0) is 14.3. The summed E-state index contributed by atoms with van der Waals surface area (Å²) in [4.78, 5) is 0. The van der Waals surface area contributed by atoms with Crippen LogP contribution in [-0.4, -0.2) is 23.8 Å². The second kappa shape index (κ2) is 8.76. The van der Waals surface area contributed by atoms with Gasteiger partial charge >= 0.3 is 0 Å². The summed E-state index contributed by atoms with van der Waals surface area (Å²) in [7, 11) is 0. The van der Waals surface area contributed by atoms with Crippen molar-refractivity contribution in [2.75, 3.05) is 6.61 Å². The SMILES string of the molecule is C/C=C\[C@H](C)[C@@H](C)[C@H](CO)NC1CCCCC1CC. The van der Waals surface area contributed by atoms with Crippen LogP contribution in [0, 0.1) is 17.8 Å². The fraction of sp³-hybridized carbons (Fsp3) is 0.882. The number of hydrogen-bond acceptors (Lipinski definition) is 2. The second-order valence-corrected chi connectivity index (χ2v) is 6.26. The van der Waals surface area contributed by atoms with Gasteiger partial charge in [0.2, 0.25) is 0 Å². The van der Waals surface area contributed by atoms with Crippen LogP contribution in [0.2, 0.25) is 0 Å². The van der Waals surface area contributed by atoms with Gasteiger partial charge in [0.05, 0.1) is 6.61 Å².